The molecule has 0 fully saturated rings. The smallest absolute Gasteiger partial charge is 0.407 e. The summed E-state index contributed by atoms with van der Waals surface area (Å²) in [7, 11) is 0. The van der Waals surface area contributed by atoms with E-state index in [1.54, 1.807) is 32.3 Å². The number of nitrogens with zero attached hydrogens (tertiary/aromatic N) is 3. The lowest BCUT2D eigenvalue weighted by molar-refractivity contribution is 0.0515. The van der Waals surface area contributed by atoms with Crippen molar-refractivity contribution in [2.45, 2.75) is 59.6 Å². The number of halogens is 1. The van der Waals surface area contributed by atoms with Gasteiger partial charge in [-0.15, -0.1) is 0 Å². The molecule has 0 spiro atoms. The number of ether oxygens (including phenoxy) is 1. The Hall–Kier alpha value is -2.35. The van der Waals surface area contributed by atoms with Crippen molar-refractivity contribution < 1.29 is 19.4 Å². The number of carboxylic acids is 1. The van der Waals surface area contributed by atoms with Gasteiger partial charge in [0.2, 0.25) is 5.29 Å². The predicted molar refractivity (Wildman–Crippen MR) is 111 cm³/mol. The molecule has 1 aromatic rings. The number of aromatic carboxylic acids is 1. The van der Waals surface area contributed by atoms with Crippen LogP contribution < -0.4 is 5.32 Å². The van der Waals surface area contributed by atoms with Crippen molar-refractivity contribution in [2.75, 3.05) is 6.54 Å². The number of amidine groups is 1. The fraction of sp³-hybridized carbons (Fsp3) is 0.579. The Morgan fingerprint density at radius 1 is 1.43 bits per heavy atom. The summed E-state index contributed by atoms with van der Waals surface area (Å²) >= 11 is 5.92. The molecule has 0 aliphatic heterocycles. The molecule has 9 heteroatoms. The molecule has 0 bridgehead atoms. The van der Waals surface area contributed by atoms with Gasteiger partial charge in [-0.25, -0.2) is 19.6 Å². The Labute approximate surface area is 170 Å². The highest BCUT2D eigenvalue weighted by Gasteiger charge is 2.28. The van der Waals surface area contributed by atoms with Crippen LogP contribution in [-0.4, -0.2) is 45.9 Å². The molecule has 1 heterocycles. The number of rotatable bonds is 7. The zero-order valence-electron chi connectivity index (χ0n) is 17.2. The Morgan fingerprint density at radius 2 is 2.04 bits per heavy atom. The van der Waals surface area contributed by atoms with Crippen molar-refractivity contribution in [2.24, 2.45) is 15.9 Å². The molecule has 1 amide bonds. The largest absolute Gasteiger partial charge is 0.477 e. The maximum absolute atomic E-state index is 12.1. The Bertz CT molecular complexity index is 765. The number of nitrogens with one attached hydrogen (secondary N) is 1. The zero-order chi connectivity index (χ0) is 21.6. The van der Waals surface area contributed by atoms with Crippen LogP contribution in [0.4, 0.5) is 10.6 Å². The highest BCUT2D eigenvalue weighted by atomic mass is 35.5. The van der Waals surface area contributed by atoms with Crippen LogP contribution in [0, 0.1) is 12.8 Å². The molecule has 2 atom stereocenters. The van der Waals surface area contributed by atoms with Gasteiger partial charge in [0.1, 0.15) is 17.1 Å². The number of aryl methyl sites for hydroxylation is 1. The van der Waals surface area contributed by atoms with Gasteiger partial charge < -0.3 is 19.7 Å². The van der Waals surface area contributed by atoms with E-state index >= 15 is 0 Å². The lowest BCUT2D eigenvalue weighted by Gasteiger charge is -2.28. The fourth-order valence-corrected chi connectivity index (χ4v) is 2.81. The summed E-state index contributed by atoms with van der Waals surface area (Å²) in [4.78, 5) is 31.7. The monoisotopic (exact) mass is 412 g/mol. The minimum atomic E-state index is -1.10. The Balaban J connectivity index is 3.39. The molecule has 0 aliphatic rings. The quantitative estimate of drug-likeness (QED) is 0.389. The van der Waals surface area contributed by atoms with Crippen LogP contribution in [0.15, 0.2) is 16.1 Å². The first kappa shape index (κ1) is 23.7. The normalized spacial score (nSPS) is 14.3. The van der Waals surface area contributed by atoms with Crippen LogP contribution in [0.3, 0.4) is 0 Å². The molecule has 0 radical (unpaired) electrons. The van der Waals surface area contributed by atoms with E-state index in [2.05, 4.69) is 22.0 Å². The van der Waals surface area contributed by atoms with Crippen molar-refractivity contribution in [3.8, 4) is 0 Å². The molecule has 8 nitrogen and oxygen atoms in total. The molecule has 156 valence electrons. The lowest BCUT2D eigenvalue weighted by Crippen LogP contribution is -2.38. The average Bonchev–Trinajstić information content (AvgIpc) is 2.90. The van der Waals surface area contributed by atoms with E-state index in [0.29, 0.717) is 11.4 Å². The molecule has 0 saturated carbocycles. The summed E-state index contributed by atoms with van der Waals surface area (Å²) in [5.41, 5.74) is 0.0519. The number of amides is 1. The van der Waals surface area contributed by atoms with Gasteiger partial charge in [-0.2, -0.15) is 0 Å². The second kappa shape index (κ2) is 9.73. The summed E-state index contributed by atoms with van der Waals surface area (Å²) < 4.78 is 6.87. The molecule has 2 N–H and O–H groups in total. The third-order valence-electron chi connectivity index (χ3n) is 4.23. The van der Waals surface area contributed by atoms with Crippen LogP contribution >= 0.6 is 11.6 Å². The first-order chi connectivity index (χ1) is 12.9. The molecule has 28 heavy (non-hydrogen) atoms. The first-order valence-electron chi connectivity index (χ1n) is 9.04. The van der Waals surface area contributed by atoms with E-state index in [1.165, 1.54) is 6.07 Å². The van der Waals surface area contributed by atoms with E-state index in [4.69, 9.17) is 16.3 Å². The average molecular weight is 413 g/mol. The standard InChI is InChI=1S/C19H29ClN4O4/c1-8-11(2)14(10-22-18(27)28-19(4,5)6)24-13(16(25)26)9-12(3)15(24)23-17(20)21-7/h9,11,14H,7-8,10H2,1-6H3,(H,22,27)(H,25,26)/b23-17-/t11?,14-/m1/s1. The second-order valence-electron chi connectivity index (χ2n) is 7.59. The molecule has 0 aliphatic carbocycles. The van der Waals surface area contributed by atoms with Crippen molar-refractivity contribution in [3.63, 3.8) is 0 Å². The van der Waals surface area contributed by atoms with Crippen molar-refractivity contribution in [1.29, 1.82) is 0 Å². The number of carbonyl (C=O) groups is 2. The molecule has 1 aromatic heterocycles. The van der Waals surface area contributed by atoms with E-state index in [1.807, 2.05) is 13.8 Å². The van der Waals surface area contributed by atoms with E-state index in [9.17, 15) is 14.7 Å². The number of aliphatic imine (C=N–C) groups is 2. The summed E-state index contributed by atoms with van der Waals surface area (Å²) in [6.07, 6.45) is 0.186. The Kier molecular flexibility index (Phi) is 8.23. The second-order valence-corrected chi connectivity index (χ2v) is 7.92. The number of carboxylic acid groups (broad SMARTS) is 1. The molecule has 0 saturated heterocycles. The SMILES string of the molecule is C=N/C(Cl)=N\c1c(C)cc(C(=O)O)n1[C@H](CNC(=O)OC(C)(C)C)C(C)CC. The summed E-state index contributed by atoms with van der Waals surface area (Å²) in [6, 6.07) is 1.14. The van der Waals surface area contributed by atoms with Gasteiger partial charge in [-0.1, -0.05) is 20.3 Å². The highest BCUT2D eigenvalue weighted by Crippen LogP contribution is 2.33. The van der Waals surface area contributed by atoms with Gasteiger partial charge in [0.25, 0.3) is 0 Å². The minimum absolute atomic E-state index is 0.0317. The molecule has 1 unspecified atom stereocenters. The Morgan fingerprint density at radius 3 is 2.50 bits per heavy atom. The van der Waals surface area contributed by atoms with Gasteiger partial charge >= 0.3 is 12.1 Å². The van der Waals surface area contributed by atoms with E-state index in [-0.39, 0.29) is 29.5 Å². The minimum Gasteiger partial charge on any atom is -0.477 e. The van der Waals surface area contributed by atoms with Crippen molar-refractivity contribution in [3.05, 3.63) is 17.3 Å². The topological polar surface area (TPSA) is 105 Å². The van der Waals surface area contributed by atoms with E-state index in [0.717, 1.165) is 6.42 Å². The molecular formula is C19H29ClN4O4. The molecule has 1 rings (SSSR count). The van der Waals surface area contributed by atoms with Gasteiger partial charge in [-0.3, -0.25) is 0 Å². The zero-order valence-corrected chi connectivity index (χ0v) is 18.0. The molecular weight excluding hydrogens is 384 g/mol. The summed E-state index contributed by atoms with van der Waals surface area (Å²) in [5, 5.41) is 12.3. The third kappa shape index (κ3) is 6.37. The van der Waals surface area contributed by atoms with Crippen molar-refractivity contribution in [1.82, 2.24) is 9.88 Å². The number of hydrogen-bond donors (Lipinski definition) is 2. The lowest BCUT2D eigenvalue weighted by atomic mass is 9.98. The number of alkyl carbamates (subject to hydrolysis) is 1. The van der Waals surface area contributed by atoms with Crippen LogP contribution in [0.2, 0.25) is 0 Å². The van der Waals surface area contributed by atoms with Crippen molar-refractivity contribution >= 4 is 41.5 Å². The van der Waals surface area contributed by atoms with E-state index < -0.39 is 17.7 Å². The van der Waals surface area contributed by atoms with Crippen LogP contribution in [0.1, 0.15) is 63.1 Å². The predicted octanol–water partition coefficient (Wildman–Crippen LogP) is 4.53. The first-order valence-corrected chi connectivity index (χ1v) is 9.41. The third-order valence-corrected chi connectivity index (χ3v) is 4.43. The summed E-state index contributed by atoms with van der Waals surface area (Å²) in [6.45, 7) is 14.5. The van der Waals surface area contributed by atoms with Gasteiger partial charge in [0.15, 0.2) is 0 Å². The maximum atomic E-state index is 12.1. The van der Waals surface area contributed by atoms with Crippen LogP contribution in [-0.2, 0) is 4.74 Å². The number of carbonyl (C=O) groups excluding carboxylic acids is 1. The maximum Gasteiger partial charge on any atom is 0.407 e. The number of hydrogen-bond acceptors (Lipinski definition) is 4. The van der Waals surface area contributed by atoms with Gasteiger partial charge in [0, 0.05) is 6.54 Å². The summed E-state index contributed by atoms with van der Waals surface area (Å²) in [5.74, 6) is -0.701. The van der Waals surface area contributed by atoms with Crippen LogP contribution in [0.25, 0.3) is 0 Å². The number of aromatic nitrogens is 1. The highest BCUT2D eigenvalue weighted by molar-refractivity contribution is 6.65. The fourth-order valence-electron chi connectivity index (χ4n) is 2.73. The molecule has 0 aromatic carbocycles. The van der Waals surface area contributed by atoms with Gasteiger partial charge in [0.05, 0.1) is 6.04 Å². The van der Waals surface area contributed by atoms with Crippen LogP contribution in [0.5, 0.6) is 0 Å². The van der Waals surface area contributed by atoms with Gasteiger partial charge in [-0.05, 0) is 63.6 Å².